The Morgan fingerprint density at radius 1 is 1.20 bits per heavy atom. The molecule has 0 aliphatic rings. The average molecular weight is 354 g/mol. The number of Topliss-reactive ketones (excluding diaryl/α,β-unsaturated/α-hetero) is 1. The van der Waals surface area contributed by atoms with Gasteiger partial charge in [-0.1, -0.05) is 29.8 Å². The van der Waals surface area contributed by atoms with E-state index in [-0.39, 0.29) is 11.4 Å². The van der Waals surface area contributed by atoms with E-state index < -0.39 is 5.91 Å². The number of nitriles is 1. The highest BCUT2D eigenvalue weighted by atomic mass is 35.5. The van der Waals surface area contributed by atoms with Gasteiger partial charge in [0.1, 0.15) is 11.6 Å². The molecule has 0 aliphatic carbocycles. The molecule has 1 amide bonds. The topological polar surface area (TPSA) is 82.0 Å². The van der Waals surface area contributed by atoms with Gasteiger partial charge in [-0.3, -0.25) is 9.59 Å². The number of carbonyl (C=O) groups is 2. The van der Waals surface area contributed by atoms with Gasteiger partial charge in [0, 0.05) is 28.2 Å². The van der Waals surface area contributed by atoms with Crippen molar-refractivity contribution in [2.45, 2.75) is 13.8 Å². The quantitative estimate of drug-likeness (QED) is 0.476. The number of halogens is 1. The van der Waals surface area contributed by atoms with Crippen molar-refractivity contribution in [3.05, 3.63) is 70.4 Å². The number of ketones is 1. The highest BCUT2D eigenvalue weighted by molar-refractivity contribution is 6.30. The second-order valence-corrected chi connectivity index (χ2v) is 5.80. The molecule has 2 aromatic carbocycles. The van der Waals surface area contributed by atoms with Gasteiger partial charge in [-0.15, -0.1) is 0 Å². The second kappa shape index (κ2) is 8.13. The molecule has 5 nitrogen and oxygen atoms in total. The molecule has 0 heterocycles. The van der Waals surface area contributed by atoms with Gasteiger partial charge in [0.05, 0.1) is 0 Å². The van der Waals surface area contributed by atoms with Crippen LogP contribution in [0.15, 0.2) is 54.2 Å². The highest BCUT2D eigenvalue weighted by Crippen LogP contribution is 2.20. The average Bonchev–Trinajstić information content (AvgIpc) is 2.58. The van der Waals surface area contributed by atoms with Crippen molar-refractivity contribution in [1.82, 2.24) is 0 Å². The van der Waals surface area contributed by atoms with E-state index in [1.807, 2.05) is 19.1 Å². The molecule has 0 radical (unpaired) electrons. The van der Waals surface area contributed by atoms with Crippen LogP contribution in [-0.4, -0.2) is 11.7 Å². The van der Waals surface area contributed by atoms with Crippen LogP contribution >= 0.6 is 11.6 Å². The summed E-state index contributed by atoms with van der Waals surface area (Å²) in [5, 5.41) is 15.3. The first-order valence-corrected chi connectivity index (χ1v) is 7.84. The van der Waals surface area contributed by atoms with Gasteiger partial charge in [0.15, 0.2) is 5.78 Å². The molecule has 0 fully saturated rings. The van der Waals surface area contributed by atoms with E-state index in [4.69, 9.17) is 11.6 Å². The summed E-state index contributed by atoms with van der Waals surface area (Å²) in [4.78, 5) is 23.6. The third-order valence-electron chi connectivity index (χ3n) is 3.46. The lowest BCUT2D eigenvalue weighted by molar-refractivity contribution is -0.112. The van der Waals surface area contributed by atoms with Crippen molar-refractivity contribution in [3.8, 4) is 6.07 Å². The van der Waals surface area contributed by atoms with E-state index in [2.05, 4.69) is 10.6 Å². The molecule has 25 heavy (non-hydrogen) atoms. The number of hydrogen-bond donors (Lipinski definition) is 2. The minimum absolute atomic E-state index is 0.104. The fraction of sp³-hybridized carbons (Fsp3) is 0.105. The smallest absolute Gasteiger partial charge is 0.267 e. The van der Waals surface area contributed by atoms with Crippen LogP contribution in [0.25, 0.3) is 0 Å². The molecule has 0 atom stereocenters. The van der Waals surface area contributed by atoms with Crippen molar-refractivity contribution < 1.29 is 9.59 Å². The zero-order valence-electron chi connectivity index (χ0n) is 13.8. The lowest BCUT2D eigenvalue weighted by Gasteiger charge is -2.08. The number of aryl methyl sites for hydroxylation is 1. The Labute approximate surface area is 150 Å². The SMILES string of the molecule is CC(=O)c1cccc(NC(=O)/C(C#N)=C\Nc2cc(Cl)ccc2C)c1. The summed E-state index contributed by atoms with van der Waals surface area (Å²) >= 11 is 5.94. The summed E-state index contributed by atoms with van der Waals surface area (Å²) in [7, 11) is 0. The molecular formula is C19H16ClN3O2. The molecule has 0 aromatic heterocycles. The van der Waals surface area contributed by atoms with Gasteiger partial charge >= 0.3 is 0 Å². The summed E-state index contributed by atoms with van der Waals surface area (Å²) in [5.41, 5.74) is 2.44. The third kappa shape index (κ3) is 4.93. The molecule has 0 spiro atoms. The minimum Gasteiger partial charge on any atom is -0.360 e. The Kier molecular flexibility index (Phi) is 5.93. The third-order valence-corrected chi connectivity index (χ3v) is 3.70. The predicted molar refractivity (Wildman–Crippen MR) is 98.6 cm³/mol. The van der Waals surface area contributed by atoms with Gasteiger partial charge in [0.25, 0.3) is 5.91 Å². The van der Waals surface area contributed by atoms with Crippen LogP contribution in [0.1, 0.15) is 22.8 Å². The Balaban J connectivity index is 2.15. The van der Waals surface area contributed by atoms with Crippen LogP contribution < -0.4 is 10.6 Å². The summed E-state index contributed by atoms with van der Waals surface area (Å²) in [6.07, 6.45) is 1.32. The summed E-state index contributed by atoms with van der Waals surface area (Å²) in [5.74, 6) is -0.680. The zero-order chi connectivity index (χ0) is 18.4. The van der Waals surface area contributed by atoms with Crippen LogP contribution in [0.5, 0.6) is 0 Å². The van der Waals surface area contributed by atoms with E-state index in [0.717, 1.165) is 5.56 Å². The maximum absolute atomic E-state index is 12.2. The molecule has 2 aromatic rings. The largest absolute Gasteiger partial charge is 0.360 e. The van der Waals surface area contributed by atoms with Crippen LogP contribution in [0.4, 0.5) is 11.4 Å². The molecule has 0 unspecified atom stereocenters. The van der Waals surface area contributed by atoms with E-state index in [9.17, 15) is 14.9 Å². The van der Waals surface area contributed by atoms with Crippen LogP contribution in [0.2, 0.25) is 5.02 Å². The first-order chi connectivity index (χ1) is 11.9. The van der Waals surface area contributed by atoms with Crippen LogP contribution in [0.3, 0.4) is 0 Å². The van der Waals surface area contributed by atoms with Crippen molar-refractivity contribution in [1.29, 1.82) is 5.26 Å². The van der Waals surface area contributed by atoms with E-state index in [1.54, 1.807) is 36.4 Å². The van der Waals surface area contributed by atoms with Crippen molar-refractivity contribution in [2.24, 2.45) is 0 Å². The van der Waals surface area contributed by atoms with Crippen molar-refractivity contribution >= 4 is 34.7 Å². The molecule has 0 bridgehead atoms. The zero-order valence-corrected chi connectivity index (χ0v) is 14.5. The van der Waals surface area contributed by atoms with Gasteiger partial charge in [-0.2, -0.15) is 5.26 Å². The molecule has 6 heteroatoms. The first kappa shape index (κ1) is 18.2. The van der Waals surface area contributed by atoms with E-state index in [1.165, 1.54) is 13.1 Å². The molecule has 0 aliphatic heterocycles. The lowest BCUT2D eigenvalue weighted by atomic mass is 10.1. The summed E-state index contributed by atoms with van der Waals surface area (Å²) in [6.45, 7) is 3.32. The number of rotatable bonds is 5. The van der Waals surface area contributed by atoms with E-state index >= 15 is 0 Å². The molecule has 126 valence electrons. The Hall–Kier alpha value is -3.10. The first-order valence-electron chi connectivity index (χ1n) is 7.46. The normalized spacial score (nSPS) is 10.7. The van der Waals surface area contributed by atoms with Gasteiger partial charge in [0.2, 0.25) is 0 Å². The second-order valence-electron chi connectivity index (χ2n) is 5.36. The number of hydrogen-bond acceptors (Lipinski definition) is 4. The van der Waals surface area contributed by atoms with Gasteiger partial charge in [-0.25, -0.2) is 0 Å². The number of nitrogens with one attached hydrogen (secondary N) is 2. The van der Waals surface area contributed by atoms with Gasteiger partial charge in [-0.05, 0) is 43.7 Å². The molecule has 0 saturated heterocycles. The lowest BCUT2D eigenvalue weighted by Crippen LogP contribution is -2.15. The van der Waals surface area contributed by atoms with Gasteiger partial charge < -0.3 is 10.6 Å². The maximum atomic E-state index is 12.2. The number of benzene rings is 2. The van der Waals surface area contributed by atoms with Crippen LogP contribution in [-0.2, 0) is 4.79 Å². The summed E-state index contributed by atoms with van der Waals surface area (Å²) < 4.78 is 0. The Bertz CT molecular complexity index is 898. The number of anilines is 2. The molecule has 2 rings (SSSR count). The highest BCUT2D eigenvalue weighted by Gasteiger charge is 2.10. The van der Waals surface area contributed by atoms with E-state index in [0.29, 0.717) is 22.0 Å². The predicted octanol–water partition coefficient (Wildman–Crippen LogP) is 4.31. The number of nitrogens with zero attached hydrogens (tertiary/aromatic N) is 1. The molecular weight excluding hydrogens is 338 g/mol. The maximum Gasteiger partial charge on any atom is 0.267 e. The summed E-state index contributed by atoms with van der Waals surface area (Å²) in [6, 6.07) is 13.7. The Morgan fingerprint density at radius 2 is 1.96 bits per heavy atom. The number of carbonyl (C=O) groups excluding carboxylic acids is 2. The van der Waals surface area contributed by atoms with Crippen molar-refractivity contribution in [3.63, 3.8) is 0 Å². The molecule has 0 saturated carbocycles. The Morgan fingerprint density at radius 3 is 2.64 bits per heavy atom. The monoisotopic (exact) mass is 353 g/mol. The minimum atomic E-state index is -0.574. The fourth-order valence-corrected chi connectivity index (χ4v) is 2.23. The number of amides is 1. The van der Waals surface area contributed by atoms with Crippen LogP contribution in [0, 0.1) is 18.3 Å². The molecule has 2 N–H and O–H groups in total. The van der Waals surface area contributed by atoms with Crippen molar-refractivity contribution in [2.75, 3.05) is 10.6 Å². The fourth-order valence-electron chi connectivity index (χ4n) is 2.06. The standard InChI is InChI=1S/C19H16ClN3O2/c1-12-6-7-16(20)9-18(12)22-11-15(10-21)19(25)23-17-5-3-4-14(8-17)13(2)24/h3-9,11,22H,1-2H3,(H,23,25)/b15-11-.